The zero-order valence-corrected chi connectivity index (χ0v) is 22.5. The highest BCUT2D eigenvalue weighted by Crippen LogP contribution is 2.49. The van der Waals surface area contributed by atoms with Gasteiger partial charge >= 0.3 is 8.80 Å². The van der Waals surface area contributed by atoms with Gasteiger partial charge in [0.1, 0.15) is 0 Å². The number of allylic oxidation sites excluding steroid dienone is 6. The SMILES string of the molecule is C=CC[Si](C)(C)C1=CCC(C(CCC)[Si](OC)(OC)OC)=C1[Si](C)(C)CC=C. The third-order valence-electron chi connectivity index (χ3n) is 6.11. The number of hydrogen-bond acceptors (Lipinski definition) is 3. The summed E-state index contributed by atoms with van der Waals surface area (Å²) in [4.78, 5) is 0. The molecule has 1 aliphatic carbocycles. The molecule has 0 bridgehead atoms. The van der Waals surface area contributed by atoms with Gasteiger partial charge in [0.05, 0.1) is 21.7 Å². The van der Waals surface area contributed by atoms with Crippen LogP contribution in [0.3, 0.4) is 0 Å². The van der Waals surface area contributed by atoms with Gasteiger partial charge in [0.15, 0.2) is 0 Å². The molecule has 0 aromatic rings. The second kappa shape index (κ2) is 10.5. The van der Waals surface area contributed by atoms with Crippen LogP contribution >= 0.6 is 0 Å². The fourth-order valence-corrected chi connectivity index (χ4v) is 15.0. The summed E-state index contributed by atoms with van der Waals surface area (Å²) in [5, 5.41) is 3.28. The van der Waals surface area contributed by atoms with E-state index < -0.39 is 25.0 Å². The topological polar surface area (TPSA) is 27.7 Å². The van der Waals surface area contributed by atoms with Gasteiger partial charge in [0.2, 0.25) is 0 Å². The van der Waals surface area contributed by atoms with Gasteiger partial charge in [-0.25, -0.2) is 0 Å². The molecular weight excluding hydrogens is 396 g/mol. The first kappa shape index (κ1) is 25.5. The molecular formula is C22H42O3Si3. The van der Waals surface area contributed by atoms with Crippen molar-refractivity contribution in [3.05, 3.63) is 47.4 Å². The Morgan fingerprint density at radius 1 is 0.964 bits per heavy atom. The van der Waals surface area contributed by atoms with Crippen LogP contribution in [0.4, 0.5) is 0 Å². The van der Waals surface area contributed by atoms with Crippen LogP contribution in [-0.4, -0.2) is 46.3 Å². The Morgan fingerprint density at radius 2 is 1.46 bits per heavy atom. The Morgan fingerprint density at radius 3 is 1.89 bits per heavy atom. The molecule has 0 N–H and O–H groups in total. The van der Waals surface area contributed by atoms with Crippen molar-refractivity contribution in [2.45, 2.75) is 70.0 Å². The van der Waals surface area contributed by atoms with E-state index in [1.165, 1.54) is 5.57 Å². The van der Waals surface area contributed by atoms with Gasteiger partial charge in [0.25, 0.3) is 0 Å². The lowest BCUT2D eigenvalue weighted by Crippen LogP contribution is -2.49. The minimum absolute atomic E-state index is 0.214. The summed E-state index contributed by atoms with van der Waals surface area (Å²) in [6, 6.07) is 2.19. The summed E-state index contributed by atoms with van der Waals surface area (Å²) in [6.07, 6.45) is 9.84. The van der Waals surface area contributed by atoms with E-state index in [-0.39, 0.29) is 5.54 Å². The van der Waals surface area contributed by atoms with E-state index in [2.05, 4.69) is 64.5 Å². The molecule has 3 nitrogen and oxygen atoms in total. The van der Waals surface area contributed by atoms with Gasteiger partial charge in [-0.1, -0.05) is 73.7 Å². The summed E-state index contributed by atoms with van der Waals surface area (Å²) in [7, 11) is -0.839. The Labute approximate surface area is 176 Å². The van der Waals surface area contributed by atoms with Crippen molar-refractivity contribution in [2.24, 2.45) is 0 Å². The molecule has 160 valence electrons. The van der Waals surface area contributed by atoms with E-state index in [4.69, 9.17) is 13.3 Å². The molecule has 0 fully saturated rings. The van der Waals surface area contributed by atoms with Gasteiger partial charge in [0, 0.05) is 21.3 Å². The third kappa shape index (κ3) is 5.15. The van der Waals surface area contributed by atoms with Crippen LogP contribution in [0.5, 0.6) is 0 Å². The first-order chi connectivity index (χ1) is 13.1. The van der Waals surface area contributed by atoms with Crippen molar-refractivity contribution in [3.63, 3.8) is 0 Å². The highest BCUT2D eigenvalue weighted by molar-refractivity contribution is 6.93. The maximum atomic E-state index is 5.98. The standard InChI is InChI=1S/C22H42O3Si3/c1-11-14-20(28(23-4,24-5)25-6)19-15-16-21(26(7,8)17-12-2)22(19)27(9,10)18-13-3/h12-13,16,20H,2-3,11,14-15,17-18H2,1,4-10H3. The zero-order valence-electron chi connectivity index (χ0n) is 19.5. The second-order valence-electron chi connectivity index (χ2n) is 9.03. The molecule has 0 spiro atoms. The minimum Gasteiger partial charge on any atom is -0.376 e. The smallest absolute Gasteiger partial charge is 0.376 e. The van der Waals surface area contributed by atoms with Crippen LogP contribution in [0.25, 0.3) is 0 Å². The predicted octanol–water partition coefficient (Wildman–Crippen LogP) is 6.53. The van der Waals surface area contributed by atoms with Crippen molar-refractivity contribution in [2.75, 3.05) is 21.3 Å². The monoisotopic (exact) mass is 438 g/mol. The molecule has 1 rings (SSSR count). The highest BCUT2D eigenvalue weighted by atomic mass is 28.4. The maximum absolute atomic E-state index is 5.98. The second-order valence-corrected chi connectivity index (χ2v) is 21.6. The Kier molecular flexibility index (Phi) is 9.57. The minimum atomic E-state index is -2.78. The van der Waals surface area contributed by atoms with E-state index in [9.17, 15) is 0 Å². The highest BCUT2D eigenvalue weighted by Gasteiger charge is 2.51. The molecule has 0 aromatic carbocycles. The molecule has 0 saturated heterocycles. The van der Waals surface area contributed by atoms with Crippen LogP contribution in [0.15, 0.2) is 47.4 Å². The van der Waals surface area contributed by atoms with Gasteiger partial charge < -0.3 is 13.3 Å². The van der Waals surface area contributed by atoms with Crippen molar-refractivity contribution >= 4 is 25.0 Å². The number of rotatable bonds is 13. The fourth-order valence-electron chi connectivity index (χ4n) is 4.78. The fraction of sp³-hybridized carbons (Fsp3) is 0.636. The van der Waals surface area contributed by atoms with E-state index >= 15 is 0 Å². The Balaban J connectivity index is 3.71. The Bertz CT molecular complexity index is 608. The van der Waals surface area contributed by atoms with Gasteiger partial charge in [-0.3, -0.25) is 0 Å². The molecule has 6 heteroatoms. The van der Waals surface area contributed by atoms with Crippen LogP contribution < -0.4 is 0 Å². The first-order valence-electron chi connectivity index (χ1n) is 10.4. The van der Waals surface area contributed by atoms with Crippen LogP contribution in [0, 0.1) is 0 Å². The first-order valence-corrected chi connectivity index (χ1v) is 18.6. The molecule has 1 atom stereocenters. The number of hydrogen-bond donors (Lipinski definition) is 0. The molecule has 1 aliphatic rings. The van der Waals surface area contributed by atoms with Crippen molar-refractivity contribution in [3.8, 4) is 0 Å². The summed E-state index contributed by atoms with van der Waals surface area (Å²) in [6.45, 7) is 20.3. The summed E-state index contributed by atoms with van der Waals surface area (Å²) < 4.78 is 17.9. The largest absolute Gasteiger partial charge is 0.507 e. The van der Waals surface area contributed by atoms with Crippen LogP contribution in [0.2, 0.25) is 43.8 Å². The van der Waals surface area contributed by atoms with Crippen LogP contribution in [0.1, 0.15) is 26.2 Å². The van der Waals surface area contributed by atoms with Gasteiger partial charge in [-0.05, 0) is 24.9 Å². The molecule has 0 aromatic heterocycles. The summed E-state index contributed by atoms with van der Waals surface area (Å²) >= 11 is 0. The maximum Gasteiger partial charge on any atom is 0.507 e. The lowest BCUT2D eigenvalue weighted by Gasteiger charge is -2.38. The molecule has 0 aliphatic heterocycles. The summed E-state index contributed by atoms with van der Waals surface area (Å²) in [5.74, 6) is 0. The zero-order chi connectivity index (χ0) is 21.6. The quantitative estimate of drug-likeness (QED) is 0.242. The van der Waals surface area contributed by atoms with Crippen molar-refractivity contribution < 1.29 is 13.3 Å². The normalized spacial score (nSPS) is 16.9. The summed E-state index contributed by atoms with van der Waals surface area (Å²) in [5.41, 5.74) is 1.74. The van der Waals surface area contributed by atoms with E-state index in [1.807, 2.05) is 0 Å². The van der Waals surface area contributed by atoms with Gasteiger partial charge in [-0.2, -0.15) is 0 Å². The van der Waals surface area contributed by atoms with Crippen LogP contribution in [-0.2, 0) is 13.3 Å². The predicted molar refractivity (Wildman–Crippen MR) is 130 cm³/mol. The van der Waals surface area contributed by atoms with Crippen molar-refractivity contribution in [1.29, 1.82) is 0 Å². The van der Waals surface area contributed by atoms with Gasteiger partial charge in [-0.15, -0.1) is 13.2 Å². The Hall–Kier alpha value is -0.509. The van der Waals surface area contributed by atoms with E-state index in [0.717, 1.165) is 31.4 Å². The molecule has 0 heterocycles. The van der Waals surface area contributed by atoms with E-state index in [0.29, 0.717) is 0 Å². The molecule has 0 saturated carbocycles. The molecule has 0 radical (unpaired) electrons. The lowest BCUT2D eigenvalue weighted by atomic mass is 10.1. The molecule has 0 amide bonds. The van der Waals surface area contributed by atoms with E-state index in [1.54, 1.807) is 31.7 Å². The molecule has 28 heavy (non-hydrogen) atoms. The average molecular weight is 439 g/mol. The third-order valence-corrected chi connectivity index (χ3v) is 16.0. The average Bonchev–Trinajstić information content (AvgIpc) is 3.09. The molecule has 1 unspecified atom stereocenters. The van der Waals surface area contributed by atoms with Crippen molar-refractivity contribution in [1.82, 2.24) is 0 Å². The lowest BCUT2D eigenvalue weighted by molar-refractivity contribution is 0.113.